The molecule has 0 bridgehead atoms. The lowest BCUT2D eigenvalue weighted by Gasteiger charge is -2.32. The maximum Gasteiger partial charge on any atom is 0.234 e. The fourth-order valence-corrected chi connectivity index (χ4v) is 3.85. The van der Waals surface area contributed by atoms with E-state index >= 15 is 0 Å². The molecule has 21 heavy (non-hydrogen) atoms. The van der Waals surface area contributed by atoms with E-state index < -0.39 is 0 Å². The average Bonchev–Trinajstić information content (AvgIpc) is 2.98. The molecule has 2 rings (SSSR count). The molecule has 0 aliphatic carbocycles. The first-order valence-corrected chi connectivity index (χ1v) is 8.64. The minimum absolute atomic E-state index is 0.0840. The molecule has 2 atom stereocenters. The molecule has 2 heterocycles. The zero-order chi connectivity index (χ0) is 15.2. The molecule has 2 unspecified atom stereocenters. The first kappa shape index (κ1) is 16.5. The Morgan fingerprint density at radius 1 is 1.57 bits per heavy atom. The zero-order valence-corrected chi connectivity index (χ0v) is 13.7. The van der Waals surface area contributed by atoms with Gasteiger partial charge >= 0.3 is 0 Å². The third-order valence-electron chi connectivity index (χ3n) is 4.06. The van der Waals surface area contributed by atoms with Gasteiger partial charge in [-0.15, -0.1) is 11.3 Å². The summed E-state index contributed by atoms with van der Waals surface area (Å²) in [6.45, 7) is 6.71. The topological polar surface area (TPSA) is 52.6 Å². The number of amides is 1. The van der Waals surface area contributed by atoms with Gasteiger partial charge in [-0.05, 0) is 42.7 Å². The van der Waals surface area contributed by atoms with E-state index in [0.29, 0.717) is 18.4 Å². The summed E-state index contributed by atoms with van der Waals surface area (Å²) in [7, 11) is 0. The molecule has 118 valence electrons. The van der Waals surface area contributed by atoms with Crippen LogP contribution in [0.4, 0.5) is 0 Å². The van der Waals surface area contributed by atoms with Crippen LogP contribution in [0.2, 0.25) is 0 Å². The summed E-state index contributed by atoms with van der Waals surface area (Å²) in [4.78, 5) is 15.7. The summed E-state index contributed by atoms with van der Waals surface area (Å²) in [5.74, 6) is 0.782. The number of thiophene rings is 1. The van der Waals surface area contributed by atoms with Gasteiger partial charge in [0.1, 0.15) is 0 Å². The second kappa shape index (κ2) is 7.92. The Hall–Kier alpha value is -0.910. The number of piperidine rings is 1. The van der Waals surface area contributed by atoms with Crippen LogP contribution in [-0.4, -0.2) is 42.2 Å². The molecule has 1 saturated heterocycles. The van der Waals surface area contributed by atoms with Gasteiger partial charge in [-0.2, -0.15) is 0 Å². The van der Waals surface area contributed by atoms with Crippen LogP contribution in [0.5, 0.6) is 0 Å². The highest BCUT2D eigenvalue weighted by Crippen LogP contribution is 2.25. The Morgan fingerprint density at radius 2 is 2.38 bits per heavy atom. The average molecular weight is 310 g/mol. The molecule has 1 aromatic rings. The van der Waals surface area contributed by atoms with Crippen molar-refractivity contribution >= 4 is 17.2 Å². The Labute approximate surface area is 131 Å². The van der Waals surface area contributed by atoms with Gasteiger partial charge in [0.05, 0.1) is 12.6 Å². The number of carbonyl (C=O) groups is 1. The highest BCUT2D eigenvalue weighted by molar-refractivity contribution is 7.10. The van der Waals surface area contributed by atoms with Gasteiger partial charge < -0.3 is 10.4 Å². The molecular weight excluding hydrogens is 284 g/mol. The molecule has 1 aromatic heterocycles. The number of nitrogens with zero attached hydrogens (tertiary/aromatic N) is 1. The second-order valence-corrected chi connectivity index (χ2v) is 7.21. The van der Waals surface area contributed by atoms with Crippen LogP contribution in [0, 0.1) is 11.8 Å². The molecule has 1 amide bonds. The van der Waals surface area contributed by atoms with Crippen molar-refractivity contribution in [2.24, 2.45) is 11.8 Å². The zero-order valence-electron chi connectivity index (χ0n) is 12.9. The van der Waals surface area contributed by atoms with E-state index in [9.17, 15) is 9.90 Å². The van der Waals surface area contributed by atoms with Crippen molar-refractivity contribution in [1.29, 1.82) is 0 Å². The maximum absolute atomic E-state index is 12.3. The van der Waals surface area contributed by atoms with Crippen molar-refractivity contribution in [2.75, 3.05) is 26.2 Å². The minimum Gasteiger partial charge on any atom is -0.396 e. The standard InChI is InChI=1S/C16H26N2O2S/c1-12(2)16(14-6-4-8-21-14)17-15(20)10-18-7-3-5-13(9-18)11-19/h4,6,8,12-13,16,19H,3,5,7,9-11H2,1-2H3,(H,17,20). The summed E-state index contributed by atoms with van der Waals surface area (Å²) in [5, 5.41) is 14.5. The van der Waals surface area contributed by atoms with Gasteiger partial charge in [-0.3, -0.25) is 9.69 Å². The van der Waals surface area contributed by atoms with E-state index in [2.05, 4.69) is 30.1 Å². The lowest BCUT2D eigenvalue weighted by molar-refractivity contribution is -0.123. The second-order valence-electron chi connectivity index (χ2n) is 6.23. The molecule has 0 saturated carbocycles. The number of nitrogens with one attached hydrogen (secondary N) is 1. The van der Waals surface area contributed by atoms with Gasteiger partial charge in [0, 0.05) is 18.0 Å². The summed E-state index contributed by atoms with van der Waals surface area (Å²) >= 11 is 1.69. The molecule has 2 N–H and O–H groups in total. The fraction of sp³-hybridized carbons (Fsp3) is 0.688. The largest absolute Gasteiger partial charge is 0.396 e. The number of rotatable bonds is 6. The number of carbonyl (C=O) groups excluding carboxylic acids is 1. The van der Waals surface area contributed by atoms with E-state index in [1.54, 1.807) is 11.3 Å². The van der Waals surface area contributed by atoms with Gasteiger partial charge in [0.2, 0.25) is 5.91 Å². The lowest BCUT2D eigenvalue weighted by atomic mass is 9.99. The highest BCUT2D eigenvalue weighted by atomic mass is 32.1. The molecule has 1 fully saturated rings. The first-order chi connectivity index (χ1) is 10.1. The van der Waals surface area contributed by atoms with E-state index in [-0.39, 0.29) is 18.6 Å². The molecule has 0 radical (unpaired) electrons. The highest BCUT2D eigenvalue weighted by Gasteiger charge is 2.23. The van der Waals surface area contributed by atoms with Crippen LogP contribution >= 0.6 is 11.3 Å². The third-order valence-corrected chi connectivity index (χ3v) is 5.02. The first-order valence-electron chi connectivity index (χ1n) is 7.76. The molecule has 0 spiro atoms. The number of aliphatic hydroxyl groups is 1. The van der Waals surface area contributed by atoms with Crippen molar-refractivity contribution in [2.45, 2.75) is 32.7 Å². The van der Waals surface area contributed by atoms with Gasteiger partial charge in [-0.25, -0.2) is 0 Å². The predicted octanol–water partition coefficient (Wildman–Crippen LogP) is 2.27. The number of hydrogen-bond acceptors (Lipinski definition) is 4. The third kappa shape index (κ3) is 4.80. The van der Waals surface area contributed by atoms with Crippen molar-refractivity contribution in [3.8, 4) is 0 Å². The molecule has 0 aromatic carbocycles. The summed E-state index contributed by atoms with van der Waals surface area (Å²) < 4.78 is 0. The van der Waals surface area contributed by atoms with Crippen LogP contribution in [0.15, 0.2) is 17.5 Å². The monoisotopic (exact) mass is 310 g/mol. The minimum atomic E-state index is 0.0840. The number of likely N-dealkylation sites (tertiary alicyclic amines) is 1. The van der Waals surface area contributed by atoms with Crippen LogP contribution in [0.3, 0.4) is 0 Å². The molecule has 4 nitrogen and oxygen atoms in total. The predicted molar refractivity (Wildman–Crippen MR) is 86.3 cm³/mol. The summed E-state index contributed by atoms with van der Waals surface area (Å²) in [6, 6.07) is 4.20. The normalized spacial score (nSPS) is 21.4. The van der Waals surface area contributed by atoms with E-state index in [1.807, 2.05) is 11.4 Å². The van der Waals surface area contributed by atoms with Gasteiger partial charge in [-0.1, -0.05) is 19.9 Å². The summed E-state index contributed by atoms with van der Waals surface area (Å²) in [5.41, 5.74) is 0. The van der Waals surface area contributed by atoms with Crippen molar-refractivity contribution in [3.05, 3.63) is 22.4 Å². The van der Waals surface area contributed by atoms with Crippen LogP contribution < -0.4 is 5.32 Å². The Balaban J connectivity index is 1.88. The summed E-state index contributed by atoms with van der Waals surface area (Å²) in [6.07, 6.45) is 2.13. The molecule has 1 aliphatic rings. The maximum atomic E-state index is 12.3. The SMILES string of the molecule is CC(C)C(NC(=O)CN1CCCC(CO)C1)c1cccs1. The Kier molecular flexibility index (Phi) is 6.21. The van der Waals surface area contributed by atoms with Crippen LogP contribution in [0.1, 0.15) is 37.6 Å². The smallest absolute Gasteiger partial charge is 0.234 e. The molecule has 5 heteroatoms. The van der Waals surface area contributed by atoms with E-state index in [4.69, 9.17) is 0 Å². The Morgan fingerprint density at radius 3 is 3.00 bits per heavy atom. The molecule has 1 aliphatic heterocycles. The quantitative estimate of drug-likeness (QED) is 0.847. The van der Waals surface area contributed by atoms with Gasteiger partial charge in [0.15, 0.2) is 0 Å². The van der Waals surface area contributed by atoms with Crippen molar-refractivity contribution in [3.63, 3.8) is 0 Å². The van der Waals surface area contributed by atoms with Crippen molar-refractivity contribution in [1.82, 2.24) is 10.2 Å². The Bertz CT molecular complexity index is 433. The fourth-order valence-electron chi connectivity index (χ4n) is 2.90. The van der Waals surface area contributed by atoms with E-state index in [0.717, 1.165) is 25.9 Å². The van der Waals surface area contributed by atoms with Crippen LogP contribution in [-0.2, 0) is 4.79 Å². The van der Waals surface area contributed by atoms with Crippen LogP contribution in [0.25, 0.3) is 0 Å². The lowest BCUT2D eigenvalue weighted by Crippen LogP contribution is -2.44. The molecular formula is C16H26N2O2S. The number of hydrogen-bond donors (Lipinski definition) is 2. The van der Waals surface area contributed by atoms with E-state index in [1.165, 1.54) is 4.88 Å². The van der Waals surface area contributed by atoms with Gasteiger partial charge in [0.25, 0.3) is 0 Å². The van der Waals surface area contributed by atoms with Crippen molar-refractivity contribution < 1.29 is 9.90 Å². The number of aliphatic hydroxyl groups excluding tert-OH is 1.